The van der Waals surface area contributed by atoms with Crippen LogP contribution in [-0.2, 0) is 15.0 Å². The molecule has 0 radical (unpaired) electrons. The second-order valence-corrected chi connectivity index (χ2v) is 9.09. The summed E-state index contributed by atoms with van der Waals surface area (Å²) in [6.07, 6.45) is 9.04. The Morgan fingerprint density at radius 3 is 2.34 bits per heavy atom. The average molecular weight is 399 g/mol. The molecule has 1 aromatic rings. The fraction of sp³-hybridized carbons (Fsp3) is 0.667. The minimum absolute atomic E-state index is 0.0336. The van der Waals surface area contributed by atoms with E-state index in [9.17, 15) is 9.59 Å². The van der Waals surface area contributed by atoms with E-state index in [2.05, 4.69) is 4.90 Å². The van der Waals surface area contributed by atoms with Gasteiger partial charge in [-0.3, -0.25) is 9.59 Å². The maximum absolute atomic E-state index is 13.9. The third-order valence-corrected chi connectivity index (χ3v) is 7.28. The first-order valence-electron chi connectivity index (χ1n) is 11.3. The van der Waals surface area contributed by atoms with E-state index in [0.29, 0.717) is 0 Å². The quantitative estimate of drug-likeness (QED) is 0.779. The van der Waals surface area contributed by atoms with Gasteiger partial charge in [-0.25, -0.2) is 0 Å². The Hall–Kier alpha value is -2.04. The molecule has 2 aliphatic carbocycles. The molecule has 0 N–H and O–H groups in total. The third kappa shape index (κ3) is 3.88. The Bertz CT molecular complexity index is 741. The Labute approximate surface area is 174 Å². The largest absolute Gasteiger partial charge is 0.497 e. The molecule has 1 aliphatic heterocycles. The summed E-state index contributed by atoms with van der Waals surface area (Å²) in [5.41, 5.74) is 0.699. The van der Waals surface area contributed by atoms with E-state index in [1.54, 1.807) is 7.11 Å². The molecule has 1 aromatic carbocycles. The van der Waals surface area contributed by atoms with Crippen LogP contribution in [0.4, 0.5) is 0 Å². The monoisotopic (exact) mass is 398 g/mol. The van der Waals surface area contributed by atoms with Crippen LogP contribution in [-0.4, -0.2) is 54.9 Å². The number of ether oxygens (including phenoxy) is 1. The summed E-state index contributed by atoms with van der Waals surface area (Å²) in [5.74, 6) is 1.27. The van der Waals surface area contributed by atoms with Gasteiger partial charge in [-0.15, -0.1) is 0 Å². The highest BCUT2D eigenvalue weighted by molar-refractivity contribution is 5.92. The maximum atomic E-state index is 13.9. The number of amides is 2. The van der Waals surface area contributed by atoms with Gasteiger partial charge in [-0.2, -0.15) is 0 Å². The van der Waals surface area contributed by atoms with Gasteiger partial charge in [0.05, 0.1) is 18.4 Å². The van der Waals surface area contributed by atoms with Crippen LogP contribution >= 0.6 is 0 Å². The van der Waals surface area contributed by atoms with Crippen molar-refractivity contribution in [1.82, 2.24) is 9.80 Å². The zero-order chi connectivity index (χ0) is 20.4. The fourth-order valence-electron chi connectivity index (χ4n) is 5.33. The molecule has 4 rings (SSSR count). The second kappa shape index (κ2) is 8.37. The van der Waals surface area contributed by atoms with Crippen molar-refractivity contribution in [3.05, 3.63) is 29.8 Å². The van der Waals surface area contributed by atoms with Crippen LogP contribution in [0.1, 0.15) is 63.4 Å². The van der Waals surface area contributed by atoms with Crippen molar-refractivity contribution in [2.45, 2.75) is 69.2 Å². The molecule has 2 amide bonds. The lowest BCUT2D eigenvalue weighted by molar-refractivity contribution is -0.141. The van der Waals surface area contributed by atoms with Crippen molar-refractivity contribution in [1.29, 1.82) is 0 Å². The Morgan fingerprint density at radius 1 is 1.00 bits per heavy atom. The summed E-state index contributed by atoms with van der Waals surface area (Å²) in [5, 5.41) is 0. The standard InChI is InChI=1S/C24H34N2O3/c1-25-16-5-3-4-6-17-26(21-9-7-8-20(21)22(25)27)23(28)24(14-15-24)18-10-12-19(29-2)13-11-18/h10-13,20-21H,3-9,14-17H2,1-2H3. The zero-order valence-corrected chi connectivity index (χ0v) is 17.9. The van der Waals surface area contributed by atoms with E-state index in [0.717, 1.165) is 82.2 Å². The topological polar surface area (TPSA) is 49.9 Å². The molecule has 5 heteroatoms. The molecule has 1 heterocycles. The van der Waals surface area contributed by atoms with Gasteiger partial charge in [0, 0.05) is 26.2 Å². The van der Waals surface area contributed by atoms with E-state index < -0.39 is 5.41 Å². The second-order valence-electron chi connectivity index (χ2n) is 9.09. The van der Waals surface area contributed by atoms with Gasteiger partial charge in [0.15, 0.2) is 0 Å². The number of fused-ring (bicyclic) bond motifs is 1. The van der Waals surface area contributed by atoms with Crippen LogP contribution in [0.3, 0.4) is 0 Å². The van der Waals surface area contributed by atoms with Crippen LogP contribution in [0.5, 0.6) is 5.75 Å². The van der Waals surface area contributed by atoms with Crippen molar-refractivity contribution in [2.24, 2.45) is 5.92 Å². The van der Waals surface area contributed by atoms with E-state index in [1.165, 1.54) is 0 Å². The van der Waals surface area contributed by atoms with E-state index >= 15 is 0 Å². The maximum Gasteiger partial charge on any atom is 0.233 e. The minimum atomic E-state index is -0.394. The molecule has 3 fully saturated rings. The molecule has 1 saturated heterocycles. The fourth-order valence-corrected chi connectivity index (χ4v) is 5.33. The number of nitrogens with zero attached hydrogens (tertiary/aromatic N) is 2. The lowest BCUT2D eigenvalue weighted by Gasteiger charge is -2.36. The average Bonchev–Trinajstić information content (AvgIpc) is 3.42. The van der Waals surface area contributed by atoms with Crippen LogP contribution in [0.25, 0.3) is 0 Å². The molecular weight excluding hydrogens is 364 g/mol. The molecule has 0 spiro atoms. The van der Waals surface area contributed by atoms with Crippen molar-refractivity contribution in [2.75, 3.05) is 27.2 Å². The van der Waals surface area contributed by atoms with Gasteiger partial charge in [-0.1, -0.05) is 31.4 Å². The number of hydrogen-bond donors (Lipinski definition) is 0. The predicted molar refractivity (Wildman–Crippen MR) is 113 cm³/mol. The molecule has 5 nitrogen and oxygen atoms in total. The minimum Gasteiger partial charge on any atom is -0.497 e. The normalized spacial score (nSPS) is 27.2. The molecule has 29 heavy (non-hydrogen) atoms. The lowest BCUT2D eigenvalue weighted by atomic mass is 9.91. The van der Waals surface area contributed by atoms with Gasteiger partial charge in [0.1, 0.15) is 5.75 Å². The molecule has 0 bridgehead atoms. The van der Waals surface area contributed by atoms with Crippen molar-refractivity contribution in [3.63, 3.8) is 0 Å². The number of rotatable bonds is 3. The number of methoxy groups -OCH3 is 1. The molecule has 158 valence electrons. The van der Waals surface area contributed by atoms with Gasteiger partial charge in [0.25, 0.3) is 0 Å². The highest BCUT2D eigenvalue weighted by Crippen LogP contribution is 2.51. The summed E-state index contributed by atoms with van der Waals surface area (Å²) in [7, 11) is 3.59. The van der Waals surface area contributed by atoms with Gasteiger partial charge >= 0.3 is 0 Å². The number of carbonyl (C=O) groups is 2. The molecule has 3 aliphatic rings. The Balaban J connectivity index is 1.61. The Kier molecular flexibility index (Phi) is 5.84. The van der Waals surface area contributed by atoms with E-state index in [-0.39, 0.29) is 23.8 Å². The van der Waals surface area contributed by atoms with Crippen LogP contribution in [0.15, 0.2) is 24.3 Å². The first-order valence-corrected chi connectivity index (χ1v) is 11.3. The highest BCUT2D eigenvalue weighted by atomic mass is 16.5. The first-order chi connectivity index (χ1) is 14.1. The van der Waals surface area contributed by atoms with E-state index in [4.69, 9.17) is 4.74 Å². The molecule has 2 unspecified atom stereocenters. The van der Waals surface area contributed by atoms with Gasteiger partial charge in [0.2, 0.25) is 11.8 Å². The number of carbonyl (C=O) groups excluding carboxylic acids is 2. The zero-order valence-electron chi connectivity index (χ0n) is 17.9. The van der Waals surface area contributed by atoms with Gasteiger partial charge in [-0.05, 0) is 56.2 Å². The SMILES string of the molecule is COc1ccc(C2(C(=O)N3CCCCCCN(C)C(=O)C4CCCC43)CC2)cc1. The van der Waals surface area contributed by atoms with Crippen LogP contribution < -0.4 is 4.74 Å². The molecule has 2 atom stereocenters. The van der Waals surface area contributed by atoms with Crippen molar-refractivity contribution in [3.8, 4) is 5.75 Å². The summed E-state index contributed by atoms with van der Waals surface area (Å²) >= 11 is 0. The highest BCUT2D eigenvalue weighted by Gasteiger charge is 2.55. The molecule has 0 aromatic heterocycles. The lowest BCUT2D eigenvalue weighted by Crippen LogP contribution is -2.50. The van der Waals surface area contributed by atoms with E-state index in [1.807, 2.05) is 36.2 Å². The van der Waals surface area contributed by atoms with Crippen LogP contribution in [0, 0.1) is 5.92 Å². The van der Waals surface area contributed by atoms with Crippen LogP contribution in [0.2, 0.25) is 0 Å². The summed E-state index contributed by atoms with van der Waals surface area (Å²) in [6, 6.07) is 8.05. The first kappa shape index (κ1) is 20.2. The Morgan fingerprint density at radius 2 is 1.69 bits per heavy atom. The van der Waals surface area contributed by atoms with Crippen molar-refractivity contribution >= 4 is 11.8 Å². The summed E-state index contributed by atoms with van der Waals surface area (Å²) in [6.45, 7) is 1.63. The number of hydrogen-bond acceptors (Lipinski definition) is 3. The van der Waals surface area contributed by atoms with Gasteiger partial charge < -0.3 is 14.5 Å². The number of benzene rings is 1. The molecular formula is C24H34N2O3. The summed E-state index contributed by atoms with van der Waals surface area (Å²) < 4.78 is 5.29. The predicted octanol–water partition coefficient (Wildman–Crippen LogP) is 3.76. The third-order valence-electron chi connectivity index (χ3n) is 7.28. The molecule has 2 saturated carbocycles. The smallest absolute Gasteiger partial charge is 0.233 e. The summed E-state index contributed by atoms with van der Waals surface area (Å²) in [4.78, 5) is 31.0. The van der Waals surface area contributed by atoms with Crippen molar-refractivity contribution < 1.29 is 14.3 Å².